The van der Waals surface area contributed by atoms with E-state index in [0.717, 1.165) is 6.42 Å². The molecule has 0 heteroatoms. The van der Waals surface area contributed by atoms with Gasteiger partial charge in [-0.2, -0.15) is 0 Å². The maximum absolute atomic E-state index is 3.32. The van der Waals surface area contributed by atoms with E-state index in [1.807, 2.05) is 0 Å². The normalized spacial score (nSPS) is 13.8. The van der Waals surface area contributed by atoms with E-state index in [1.165, 1.54) is 16.7 Å². The summed E-state index contributed by atoms with van der Waals surface area (Å²) in [6.45, 7) is 10.9. The maximum Gasteiger partial charge on any atom is 0.0240 e. The summed E-state index contributed by atoms with van der Waals surface area (Å²) in [5.41, 5.74) is 4.10. The van der Waals surface area contributed by atoms with Crippen molar-refractivity contribution in [3.8, 4) is 11.8 Å². The van der Waals surface area contributed by atoms with Crippen LogP contribution < -0.4 is 0 Å². The monoisotopic (exact) mass is 214 g/mol. The standard InChI is InChI=1S/C16H22/c1-6-7-8-14(4)15(5)16-10-12(2)9-13(3)11-16/h9-11,14-15H,6H2,1-5H3. The fourth-order valence-corrected chi connectivity index (χ4v) is 1.95. The summed E-state index contributed by atoms with van der Waals surface area (Å²) in [5.74, 6) is 7.44. The quantitative estimate of drug-likeness (QED) is 0.638. The molecule has 1 rings (SSSR count). The van der Waals surface area contributed by atoms with Crippen LogP contribution in [0.3, 0.4) is 0 Å². The van der Waals surface area contributed by atoms with Crippen LogP contribution in [0.25, 0.3) is 0 Å². The third-order valence-corrected chi connectivity index (χ3v) is 3.03. The SMILES string of the molecule is CCC#CC(C)C(C)c1cc(C)cc(C)c1. The highest BCUT2D eigenvalue weighted by Gasteiger charge is 2.12. The Balaban J connectivity index is 2.91. The van der Waals surface area contributed by atoms with Crippen LogP contribution in [0, 0.1) is 31.6 Å². The van der Waals surface area contributed by atoms with E-state index in [0.29, 0.717) is 11.8 Å². The summed E-state index contributed by atoms with van der Waals surface area (Å²) in [4.78, 5) is 0. The largest absolute Gasteiger partial charge is 0.103 e. The third kappa shape index (κ3) is 3.42. The summed E-state index contributed by atoms with van der Waals surface area (Å²) in [7, 11) is 0. The molecule has 0 aliphatic rings. The topological polar surface area (TPSA) is 0 Å². The molecule has 0 fully saturated rings. The molecule has 0 nitrogen and oxygen atoms in total. The van der Waals surface area contributed by atoms with Gasteiger partial charge in [0.05, 0.1) is 0 Å². The fourth-order valence-electron chi connectivity index (χ4n) is 1.95. The van der Waals surface area contributed by atoms with Gasteiger partial charge in [-0.3, -0.25) is 0 Å². The van der Waals surface area contributed by atoms with Crippen molar-refractivity contribution in [3.05, 3.63) is 34.9 Å². The minimum Gasteiger partial charge on any atom is -0.103 e. The van der Waals surface area contributed by atoms with E-state index in [4.69, 9.17) is 0 Å². The molecule has 86 valence electrons. The average Bonchev–Trinajstić information content (AvgIpc) is 2.23. The van der Waals surface area contributed by atoms with E-state index in [1.54, 1.807) is 0 Å². The molecule has 1 aromatic rings. The Morgan fingerprint density at radius 3 is 2.12 bits per heavy atom. The van der Waals surface area contributed by atoms with Crippen molar-refractivity contribution in [2.75, 3.05) is 0 Å². The van der Waals surface area contributed by atoms with Crippen molar-refractivity contribution in [1.82, 2.24) is 0 Å². The summed E-state index contributed by atoms with van der Waals surface area (Å²) in [6.07, 6.45) is 0.948. The van der Waals surface area contributed by atoms with Crippen molar-refractivity contribution in [3.63, 3.8) is 0 Å². The molecule has 0 saturated carbocycles. The van der Waals surface area contributed by atoms with Crippen LogP contribution in [0.1, 0.15) is 49.8 Å². The summed E-state index contributed by atoms with van der Waals surface area (Å²) in [5, 5.41) is 0. The predicted octanol–water partition coefficient (Wildman–Crippen LogP) is 4.46. The Labute approximate surface area is 100 Å². The molecule has 2 unspecified atom stereocenters. The number of rotatable bonds is 2. The number of aryl methyl sites for hydroxylation is 2. The lowest BCUT2D eigenvalue weighted by Gasteiger charge is -2.16. The number of hydrogen-bond acceptors (Lipinski definition) is 0. The van der Waals surface area contributed by atoms with Gasteiger partial charge in [0.25, 0.3) is 0 Å². The first-order chi connectivity index (χ1) is 7.54. The molecule has 0 aliphatic heterocycles. The van der Waals surface area contributed by atoms with Crippen LogP contribution in [0.2, 0.25) is 0 Å². The second-order valence-corrected chi connectivity index (χ2v) is 4.67. The lowest BCUT2D eigenvalue weighted by molar-refractivity contribution is 0.609. The van der Waals surface area contributed by atoms with Crippen molar-refractivity contribution >= 4 is 0 Å². The van der Waals surface area contributed by atoms with Gasteiger partial charge in [-0.25, -0.2) is 0 Å². The lowest BCUT2D eigenvalue weighted by atomic mass is 9.87. The van der Waals surface area contributed by atoms with E-state index >= 15 is 0 Å². The number of hydrogen-bond donors (Lipinski definition) is 0. The van der Waals surface area contributed by atoms with Crippen LogP contribution in [0.15, 0.2) is 18.2 Å². The molecule has 0 radical (unpaired) electrons. The zero-order valence-electron chi connectivity index (χ0n) is 11.1. The van der Waals surface area contributed by atoms with Gasteiger partial charge in [0.1, 0.15) is 0 Å². The smallest absolute Gasteiger partial charge is 0.0240 e. The maximum atomic E-state index is 3.32. The van der Waals surface area contributed by atoms with Crippen molar-refractivity contribution in [1.29, 1.82) is 0 Å². The third-order valence-electron chi connectivity index (χ3n) is 3.03. The molecular weight excluding hydrogens is 192 g/mol. The molecule has 0 N–H and O–H groups in total. The first-order valence-electron chi connectivity index (χ1n) is 6.11. The van der Waals surface area contributed by atoms with Crippen LogP contribution in [0.5, 0.6) is 0 Å². The second kappa shape index (κ2) is 5.75. The Bertz CT molecular complexity index is 384. The van der Waals surface area contributed by atoms with E-state index in [2.05, 4.69) is 64.7 Å². The molecular formula is C16H22. The second-order valence-electron chi connectivity index (χ2n) is 4.67. The highest BCUT2D eigenvalue weighted by molar-refractivity contribution is 5.32. The summed E-state index contributed by atoms with van der Waals surface area (Å²) >= 11 is 0. The Hall–Kier alpha value is -1.22. The van der Waals surface area contributed by atoms with E-state index in [9.17, 15) is 0 Å². The molecule has 0 amide bonds. The fraction of sp³-hybridized carbons (Fsp3) is 0.500. The Morgan fingerprint density at radius 2 is 1.62 bits per heavy atom. The van der Waals surface area contributed by atoms with Gasteiger partial charge in [-0.1, -0.05) is 56.0 Å². The molecule has 0 bridgehead atoms. The highest BCUT2D eigenvalue weighted by atomic mass is 14.2. The van der Waals surface area contributed by atoms with Crippen LogP contribution >= 0.6 is 0 Å². The zero-order chi connectivity index (χ0) is 12.1. The van der Waals surface area contributed by atoms with Crippen LogP contribution in [-0.4, -0.2) is 0 Å². The van der Waals surface area contributed by atoms with Crippen LogP contribution in [0.4, 0.5) is 0 Å². The average molecular weight is 214 g/mol. The van der Waals surface area contributed by atoms with E-state index in [-0.39, 0.29) is 0 Å². The molecule has 16 heavy (non-hydrogen) atoms. The molecule has 1 aromatic carbocycles. The van der Waals surface area contributed by atoms with Gasteiger partial charge in [0.2, 0.25) is 0 Å². The first-order valence-corrected chi connectivity index (χ1v) is 6.11. The van der Waals surface area contributed by atoms with Crippen molar-refractivity contribution in [2.24, 2.45) is 5.92 Å². The molecule has 0 saturated heterocycles. The molecule has 0 spiro atoms. The van der Waals surface area contributed by atoms with Crippen molar-refractivity contribution in [2.45, 2.75) is 47.0 Å². The van der Waals surface area contributed by atoms with Crippen molar-refractivity contribution < 1.29 is 0 Å². The Kier molecular flexibility index (Phi) is 4.62. The first kappa shape index (κ1) is 12.8. The van der Waals surface area contributed by atoms with Gasteiger partial charge >= 0.3 is 0 Å². The minimum absolute atomic E-state index is 0.432. The number of benzene rings is 1. The Morgan fingerprint density at radius 1 is 1.06 bits per heavy atom. The molecule has 0 heterocycles. The van der Waals surface area contributed by atoms with Gasteiger partial charge in [-0.05, 0) is 25.3 Å². The van der Waals surface area contributed by atoms with Gasteiger partial charge < -0.3 is 0 Å². The van der Waals surface area contributed by atoms with Gasteiger partial charge in [-0.15, -0.1) is 5.92 Å². The molecule has 2 atom stereocenters. The minimum atomic E-state index is 0.432. The lowest BCUT2D eigenvalue weighted by Crippen LogP contribution is -2.04. The molecule has 0 aromatic heterocycles. The zero-order valence-corrected chi connectivity index (χ0v) is 11.1. The summed E-state index contributed by atoms with van der Waals surface area (Å²) < 4.78 is 0. The van der Waals surface area contributed by atoms with Gasteiger partial charge in [0, 0.05) is 12.3 Å². The predicted molar refractivity (Wildman–Crippen MR) is 71.6 cm³/mol. The molecule has 0 aliphatic carbocycles. The van der Waals surface area contributed by atoms with Gasteiger partial charge in [0.15, 0.2) is 0 Å². The van der Waals surface area contributed by atoms with Crippen LogP contribution in [-0.2, 0) is 0 Å². The van der Waals surface area contributed by atoms with E-state index < -0.39 is 0 Å². The highest BCUT2D eigenvalue weighted by Crippen LogP contribution is 2.25. The summed E-state index contributed by atoms with van der Waals surface area (Å²) in [6, 6.07) is 6.78.